The maximum Gasteiger partial charge on any atom is 0.161 e. The van der Waals surface area contributed by atoms with Crippen molar-refractivity contribution in [1.82, 2.24) is 30.1 Å². The average molecular weight is 408 g/mol. The summed E-state index contributed by atoms with van der Waals surface area (Å²) in [4.78, 5) is 17.5. The highest BCUT2D eigenvalue weighted by Crippen LogP contribution is 2.32. The predicted octanol–water partition coefficient (Wildman–Crippen LogP) is 5.60. The summed E-state index contributed by atoms with van der Waals surface area (Å²) >= 11 is 1.68. The molecule has 6 rings (SSSR count). The van der Waals surface area contributed by atoms with Crippen LogP contribution in [0.2, 0.25) is 0 Å². The van der Waals surface area contributed by atoms with Crippen LogP contribution in [0.4, 0.5) is 0 Å². The second kappa shape index (κ2) is 6.60. The molecule has 1 aromatic carbocycles. The third kappa shape index (κ3) is 2.63. The number of thiophene rings is 1. The molecule has 0 amide bonds. The Morgan fingerprint density at radius 2 is 1.87 bits per heavy atom. The standard InChI is InChI=1S/C23H16N6S/c1-13-7-9-24-11-16(13)17-5-6-19-21(25-17)22(29-28-19)23-26-18-4-2-3-15(20(18)27-23)14-8-10-30-12-14/h2-12H,1H3,(H,26,27)(H,28,29). The van der Waals surface area contributed by atoms with Gasteiger partial charge < -0.3 is 4.98 Å². The van der Waals surface area contributed by atoms with Crippen LogP contribution in [0.1, 0.15) is 5.56 Å². The van der Waals surface area contributed by atoms with Gasteiger partial charge in [-0.1, -0.05) is 12.1 Å². The van der Waals surface area contributed by atoms with E-state index >= 15 is 0 Å². The number of H-pyrrole nitrogens is 2. The Bertz CT molecular complexity index is 1510. The number of aryl methyl sites for hydroxylation is 1. The van der Waals surface area contributed by atoms with Crippen LogP contribution in [0.15, 0.2) is 65.6 Å². The van der Waals surface area contributed by atoms with E-state index in [0.29, 0.717) is 11.5 Å². The van der Waals surface area contributed by atoms with Crippen molar-refractivity contribution in [2.24, 2.45) is 0 Å². The minimum atomic E-state index is 0.700. The smallest absolute Gasteiger partial charge is 0.161 e. The average Bonchev–Trinajstić information content (AvgIpc) is 3.51. The molecule has 0 spiro atoms. The lowest BCUT2D eigenvalue weighted by Gasteiger charge is -2.04. The van der Waals surface area contributed by atoms with Crippen molar-refractivity contribution in [3.05, 3.63) is 71.2 Å². The Hall–Kier alpha value is -3.84. The number of aromatic amines is 2. The zero-order valence-electron chi connectivity index (χ0n) is 16.0. The van der Waals surface area contributed by atoms with Crippen molar-refractivity contribution in [3.63, 3.8) is 0 Å². The molecule has 6 nitrogen and oxygen atoms in total. The van der Waals surface area contributed by atoms with Gasteiger partial charge in [0.25, 0.3) is 0 Å². The van der Waals surface area contributed by atoms with Crippen LogP contribution in [-0.2, 0) is 0 Å². The third-order valence-corrected chi connectivity index (χ3v) is 5.98. The SMILES string of the molecule is Cc1ccncc1-c1ccc2[nH]nc(-c3nc4c(-c5ccsc5)cccc4[nH]3)c2n1. The number of pyridine rings is 2. The van der Waals surface area contributed by atoms with Crippen molar-refractivity contribution in [2.75, 3.05) is 0 Å². The molecular weight excluding hydrogens is 392 g/mol. The van der Waals surface area contributed by atoms with E-state index in [2.05, 4.69) is 50.0 Å². The van der Waals surface area contributed by atoms with E-state index in [4.69, 9.17) is 9.97 Å². The van der Waals surface area contributed by atoms with Crippen molar-refractivity contribution >= 4 is 33.4 Å². The molecule has 2 N–H and O–H groups in total. The highest BCUT2D eigenvalue weighted by molar-refractivity contribution is 7.08. The van der Waals surface area contributed by atoms with Crippen molar-refractivity contribution in [3.8, 4) is 33.9 Å². The van der Waals surface area contributed by atoms with E-state index in [1.165, 1.54) is 5.56 Å². The van der Waals surface area contributed by atoms with Gasteiger partial charge in [-0.25, -0.2) is 9.97 Å². The monoisotopic (exact) mass is 408 g/mol. The Morgan fingerprint density at radius 3 is 2.73 bits per heavy atom. The van der Waals surface area contributed by atoms with Gasteiger partial charge in [-0.3, -0.25) is 10.1 Å². The minimum Gasteiger partial charge on any atom is -0.336 e. The lowest BCUT2D eigenvalue weighted by atomic mass is 10.1. The van der Waals surface area contributed by atoms with Crippen LogP contribution in [0.3, 0.4) is 0 Å². The highest BCUT2D eigenvalue weighted by atomic mass is 32.1. The van der Waals surface area contributed by atoms with Crippen molar-refractivity contribution < 1.29 is 0 Å². The zero-order valence-corrected chi connectivity index (χ0v) is 16.9. The molecule has 0 fully saturated rings. The number of benzene rings is 1. The fourth-order valence-corrected chi connectivity index (χ4v) is 4.40. The lowest BCUT2D eigenvalue weighted by Crippen LogP contribution is -1.90. The van der Waals surface area contributed by atoms with E-state index in [9.17, 15) is 0 Å². The van der Waals surface area contributed by atoms with E-state index in [1.807, 2.05) is 36.5 Å². The molecule has 0 bridgehead atoms. The van der Waals surface area contributed by atoms with Crippen LogP contribution in [0.5, 0.6) is 0 Å². The highest BCUT2D eigenvalue weighted by Gasteiger charge is 2.17. The molecular formula is C23H16N6S. The molecule has 30 heavy (non-hydrogen) atoms. The molecule has 0 saturated carbocycles. The van der Waals surface area contributed by atoms with Gasteiger partial charge in [-0.2, -0.15) is 16.4 Å². The van der Waals surface area contributed by atoms with Gasteiger partial charge in [-0.05, 0) is 59.1 Å². The third-order valence-electron chi connectivity index (χ3n) is 5.29. The molecule has 0 aliphatic rings. The number of imidazole rings is 1. The minimum absolute atomic E-state index is 0.700. The first kappa shape index (κ1) is 17.1. The Labute approximate surface area is 175 Å². The zero-order chi connectivity index (χ0) is 20.1. The number of rotatable bonds is 3. The van der Waals surface area contributed by atoms with Crippen LogP contribution < -0.4 is 0 Å². The first-order valence-corrected chi connectivity index (χ1v) is 10.5. The summed E-state index contributed by atoms with van der Waals surface area (Å²) in [7, 11) is 0. The van der Waals surface area contributed by atoms with Crippen LogP contribution in [0.25, 0.3) is 56.0 Å². The Morgan fingerprint density at radius 1 is 0.900 bits per heavy atom. The number of fused-ring (bicyclic) bond motifs is 2. The number of aromatic nitrogens is 6. The summed E-state index contributed by atoms with van der Waals surface area (Å²) in [5.41, 5.74) is 9.55. The molecule has 144 valence electrons. The van der Waals surface area contributed by atoms with Crippen LogP contribution in [0, 0.1) is 6.92 Å². The second-order valence-electron chi connectivity index (χ2n) is 7.15. The van der Waals surface area contributed by atoms with Gasteiger partial charge in [0.15, 0.2) is 11.5 Å². The van der Waals surface area contributed by atoms with E-state index in [1.54, 1.807) is 17.5 Å². The number of nitrogens with zero attached hydrogens (tertiary/aromatic N) is 4. The first-order chi connectivity index (χ1) is 14.8. The Balaban J connectivity index is 1.53. The summed E-state index contributed by atoms with van der Waals surface area (Å²) in [6.07, 6.45) is 3.64. The quantitative estimate of drug-likeness (QED) is 0.399. The predicted molar refractivity (Wildman–Crippen MR) is 120 cm³/mol. The maximum absolute atomic E-state index is 4.90. The van der Waals surface area contributed by atoms with Crippen molar-refractivity contribution in [1.29, 1.82) is 0 Å². The van der Waals surface area contributed by atoms with E-state index in [0.717, 1.165) is 44.5 Å². The van der Waals surface area contributed by atoms with Gasteiger partial charge in [-0.15, -0.1) is 0 Å². The molecule has 0 aliphatic carbocycles. The normalized spacial score (nSPS) is 11.5. The summed E-state index contributed by atoms with van der Waals surface area (Å²) in [6.45, 7) is 2.06. The summed E-state index contributed by atoms with van der Waals surface area (Å²) in [5.74, 6) is 0.700. The number of hydrogen-bond acceptors (Lipinski definition) is 5. The molecule has 0 radical (unpaired) electrons. The van der Waals surface area contributed by atoms with Gasteiger partial charge in [0.1, 0.15) is 5.52 Å². The number of hydrogen-bond donors (Lipinski definition) is 2. The van der Waals surface area contributed by atoms with E-state index in [-0.39, 0.29) is 0 Å². The summed E-state index contributed by atoms with van der Waals surface area (Å²) in [5, 5.41) is 11.8. The van der Waals surface area contributed by atoms with Crippen molar-refractivity contribution in [2.45, 2.75) is 6.92 Å². The summed E-state index contributed by atoms with van der Waals surface area (Å²) in [6, 6.07) is 14.3. The molecule has 0 unspecified atom stereocenters. The van der Waals surface area contributed by atoms with E-state index < -0.39 is 0 Å². The van der Waals surface area contributed by atoms with Gasteiger partial charge in [0.2, 0.25) is 0 Å². The second-order valence-corrected chi connectivity index (χ2v) is 7.93. The molecule has 0 saturated heterocycles. The number of nitrogens with one attached hydrogen (secondary N) is 2. The molecule has 0 aliphatic heterocycles. The molecule has 5 aromatic heterocycles. The van der Waals surface area contributed by atoms with Crippen LogP contribution >= 0.6 is 11.3 Å². The Kier molecular flexibility index (Phi) is 3.75. The molecule has 6 aromatic rings. The maximum atomic E-state index is 4.90. The lowest BCUT2D eigenvalue weighted by molar-refractivity contribution is 1.10. The molecule has 5 heterocycles. The topological polar surface area (TPSA) is 83.1 Å². The molecule has 7 heteroatoms. The molecule has 0 atom stereocenters. The summed E-state index contributed by atoms with van der Waals surface area (Å²) < 4.78 is 0. The van der Waals surface area contributed by atoms with Crippen LogP contribution in [-0.4, -0.2) is 30.1 Å². The van der Waals surface area contributed by atoms with Gasteiger partial charge in [0, 0.05) is 23.5 Å². The van der Waals surface area contributed by atoms with Gasteiger partial charge in [0.05, 0.1) is 22.2 Å². The first-order valence-electron chi connectivity index (χ1n) is 9.56. The fraction of sp³-hybridized carbons (Fsp3) is 0.0435. The van der Waals surface area contributed by atoms with Gasteiger partial charge >= 0.3 is 0 Å². The fourth-order valence-electron chi connectivity index (χ4n) is 3.74. The number of para-hydroxylation sites is 1. The largest absolute Gasteiger partial charge is 0.336 e.